The minimum absolute atomic E-state index is 0.166. The molecule has 140 valence electrons. The van der Waals surface area contributed by atoms with Crippen molar-refractivity contribution in [2.24, 2.45) is 16.4 Å². The minimum atomic E-state index is -6.09. The van der Waals surface area contributed by atoms with Gasteiger partial charge in [-0.2, -0.15) is 13.2 Å². The number of hydrogen-bond acceptors (Lipinski definition) is 4. The van der Waals surface area contributed by atoms with Gasteiger partial charge in [0.2, 0.25) is 5.69 Å². The molecule has 1 aromatic rings. The van der Waals surface area contributed by atoms with Gasteiger partial charge in [-0.3, -0.25) is 0 Å². The molecule has 3 rings (SSSR count). The third-order valence-corrected chi connectivity index (χ3v) is 5.16. The molecular weight excluding hydrogens is 357 g/mol. The predicted octanol–water partition coefficient (Wildman–Crippen LogP) is 4.04. The second kappa shape index (κ2) is 6.35. The van der Waals surface area contributed by atoms with Crippen molar-refractivity contribution >= 4 is 15.8 Å². The lowest BCUT2D eigenvalue weighted by Gasteiger charge is -2.18. The van der Waals surface area contributed by atoms with Crippen molar-refractivity contribution in [3.8, 4) is 0 Å². The van der Waals surface area contributed by atoms with E-state index in [1.54, 1.807) is 0 Å². The summed E-state index contributed by atoms with van der Waals surface area (Å²) in [5.41, 5.74) is -3.78. The quantitative estimate of drug-likeness (QED) is 0.420. The average molecular weight is 378 g/mol. The molecule has 0 radical (unpaired) electrons. The SMILES string of the molecule is CC1(C)C[C@H]2C[N+](c3ccccc3)=N[C@@]2(C)C1.O=S(=O)([O-])C(F)(F)F. The molecule has 1 aliphatic heterocycles. The Morgan fingerprint density at radius 3 is 2.16 bits per heavy atom. The zero-order valence-corrected chi connectivity index (χ0v) is 15.1. The van der Waals surface area contributed by atoms with Crippen LogP contribution in [0.2, 0.25) is 0 Å². The van der Waals surface area contributed by atoms with Crippen molar-refractivity contribution in [3.05, 3.63) is 30.3 Å². The zero-order valence-electron chi connectivity index (χ0n) is 14.2. The molecule has 0 amide bonds. The van der Waals surface area contributed by atoms with Crippen LogP contribution in [0.5, 0.6) is 0 Å². The molecule has 1 aromatic carbocycles. The monoisotopic (exact) mass is 378 g/mol. The van der Waals surface area contributed by atoms with E-state index in [0.29, 0.717) is 5.41 Å². The van der Waals surface area contributed by atoms with E-state index in [1.807, 2.05) is 0 Å². The molecule has 0 aromatic heterocycles. The van der Waals surface area contributed by atoms with Gasteiger partial charge in [-0.15, -0.1) is 0 Å². The van der Waals surface area contributed by atoms with E-state index in [0.717, 1.165) is 12.5 Å². The highest BCUT2D eigenvalue weighted by Gasteiger charge is 2.56. The summed E-state index contributed by atoms with van der Waals surface area (Å²) in [5.74, 6) is 0.720. The van der Waals surface area contributed by atoms with Gasteiger partial charge < -0.3 is 4.55 Å². The van der Waals surface area contributed by atoms with E-state index in [4.69, 9.17) is 18.1 Å². The van der Waals surface area contributed by atoms with Gasteiger partial charge in [-0.05, 0) is 30.3 Å². The minimum Gasteiger partial charge on any atom is -0.741 e. The predicted molar refractivity (Wildman–Crippen MR) is 84.3 cm³/mol. The second-order valence-corrected chi connectivity index (χ2v) is 8.89. The smallest absolute Gasteiger partial charge is 0.485 e. The van der Waals surface area contributed by atoms with Gasteiger partial charge in [0.1, 0.15) is 5.54 Å². The van der Waals surface area contributed by atoms with Gasteiger partial charge in [-0.1, -0.05) is 36.7 Å². The van der Waals surface area contributed by atoms with Crippen LogP contribution in [-0.2, 0) is 10.1 Å². The number of hydrogen-bond donors (Lipinski definition) is 0. The van der Waals surface area contributed by atoms with Gasteiger partial charge in [0.25, 0.3) is 0 Å². The lowest BCUT2D eigenvalue weighted by atomic mass is 9.89. The number of rotatable bonds is 1. The Labute approximate surface area is 145 Å². The van der Waals surface area contributed by atoms with Gasteiger partial charge in [0.05, 0.1) is 5.92 Å². The number of azo groups is 2. The fourth-order valence-electron chi connectivity index (χ4n) is 3.74. The van der Waals surface area contributed by atoms with Gasteiger partial charge in [0.15, 0.2) is 16.7 Å². The fraction of sp³-hybridized carbons (Fsp3) is 0.625. The topological polar surface area (TPSA) is 72.6 Å². The number of fused-ring (bicyclic) bond motifs is 1. The summed E-state index contributed by atoms with van der Waals surface area (Å²) in [6, 6.07) is 10.5. The van der Waals surface area contributed by atoms with Crippen molar-refractivity contribution in [1.29, 1.82) is 0 Å². The van der Waals surface area contributed by atoms with E-state index in [2.05, 4.69) is 55.8 Å². The van der Waals surface area contributed by atoms with E-state index in [9.17, 15) is 13.2 Å². The van der Waals surface area contributed by atoms with Crippen LogP contribution in [0.4, 0.5) is 18.9 Å². The fourth-order valence-corrected chi connectivity index (χ4v) is 3.74. The molecule has 2 atom stereocenters. The third kappa shape index (κ3) is 4.58. The standard InChI is InChI=1S/C15H21N2.CHF3O3S/c1-14(2)9-12-10-17(16-15(12,3)11-14)13-7-5-4-6-8-13;2-1(3,4)8(5,6)7/h4-8,12H,9-11H2,1-3H3;(H,5,6,7)/q+1;/p-1/t12-,15-;/m0./s1. The molecule has 2 aliphatic rings. The third-order valence-electron chi connectivity index (χ3n) is 4.60. The first-order valence-corrected chi connectivity index (χ1v) is 9.22. The Balaban J connectivity index is 0.000000242. The van der Waals surface area contributed by atoms with Crippen LogP contribution < -0.4 is 0 Å². The summed E-state index contributed by atoms with van der Waals surface area (Å²) in [7, 11) is -6.09. The lowest BCUT2D eigenvalue weighted by molar-refractivity contribution is -0.504. The molecule has 0 saturated heterocycles. The number of alkyl halides is 3. The first-order valence-electron chi connectivity index (χ1n) is 7.81. The first-order chi connectivity index (χ1) is 11.2. The maximum Gasteiger partial charge on any atom is 0.485 e. The van der Waals surface area contributed by atoms with Crippen LogP contribution in [0, 0.1) is 11.3 Å². The average Bonchev–Trinajstić information content (AvgIpc) is 2.84. The van der Waals surface area contributed by atoms with E-state index in [1.165, 1.54) is 18.5 Å². The zero-order chi connectivity index (χ0) is 19.1. The maximum absolute atomic E-state index is 10.7. The summed E-state index contributed by atoms with van der Waals surface area (Å²) < 4.78 is 61.1. The lowest BCUT2D eigenvalue weighted by Crippen LogP contribution is -2.24. The summed E-state index contributed by atoms with van der Waals surface area (Å²) in [4.78, 5) is 0. The first kappa shape index (κ1) is 19.8. The molecule has 1 heterocycles. The van der Waals surface area contributed by atoms with Gasteiger partial charge in [-0.25, -0.2) is 8.42 Å². The molecule has 0 N–H and O–H groups in total. The van der Waals surface area contributed by atoms with E-state index in [-0.39, 0.29) is 5.54 Å². The largest absolute Gasteiger partial charge is 0.741 e. The van der Waals surface area contributed by atoms with Gasteiger partial charge in [0, 0.05) is 12.1 Å². The maximum atomic E-state index is 10.7. The Bertz CT molecular complexity index is 761. The van der Waals surface area contributed by atoms with Crippen LogP contribution >= 0.6 is 0 Å². The van der Waals surface area contributed by atoms with Crippen LogP contribution in [0.25, 0.3) is 0 Å². The molecular formula is C16H21F3N2O3S. The van der Waals surface area contributed by atoms with Crippen LogP contribution in [0.1, 0.15) is 33.6 Å². The molecule has 1 aliphatic carbocycles. The number of nitrogens with zero attached hydrogens (tertiary/aromatic N) is 2. The molecule has 0 spiro atoms. The molecule has 1 fully saturated rings. The van der Waals surface area contributed by atoms with E-state index < -0.39 is 15.6 Å². The second-order valence-electron chi connectivity index (χ2n) is 7.52. The van der Waals surface area contributed by atoms with Crippen LogP contribution in [-0.4, -0.2) is 35.3 Å². The highest BCUT2D eigenvalue weighted by atomic mass is 32.2. The molecule has 1 saturated carbocycles. The summed E-state index contributed by atoms with van der Waals surface area (Å²) >= 11 is 0. The summed E-state index contributed by atoms with van der Waals surface area (Å²) in [6.07, 6.45) is 2.52. The normalized spacial score (nSPS) is 28.0. The Morgan fingerprint density at radius 1 is 1.20 bits per heavy atom. The van der Waals surface area contributed by atoms with Crippen LogP contribution in [0.15, 0.2) is 35.4 Å². The highest BCUT2D eigenvalue weighted by molar-refractivity contribution is 7.86. The van der Waals surface area contributed by atoms with Crippen molar-refractivity contribution in [3.63, 3.8) is 0 Å². The number of halogens is 3. The van der Waals surface area contributed by atoms with Crippen molar-refractivity contribution < 1.29 is 30.8 Å². The molecule has 25 heavy (non-hydrogen) atoms. The Kier molecular flexibility index (Phi) is 5.04. The number of benzene rings is 1. The molecule has 0 bridgehead atoms. The van der Waals surface area contributed by atoms with Crippen molar-refractivity contribution in [1.82, 2.24) is 0 Å². The van der Waals surface area contributed by atoms with Crippen molar-refractivity contribution in [2.75, 3.05) is 6.54 Å². The molecule has 9 heteroatoms. The van der Waals surface area contributed by atoms with Crippen molar-refractivity contribution in [2.45, 2.75) is 44.7 Å². The summed E-state index contributed by atoms with van der Waals surface area (Å²) in [6.45, 7) is 8.16. The number of para-hydroxylation sites is 1. The Hall–Kier alpha value is -1.48. The van der Waals surface area contributed by atoms with Crippen LogP contribution in [0.3, 0.4) is 0 Å². The van der Waals surface area contributed by atoms with Gasteiger partial charge >= 0.3 is 5.51 Å². The summed E-state index contributed by atoms with van der Waals surface area (Å²) in [5, 5.41) is 4.98. The Morgan fingerprint density at radius 2 is 1.72 bits per heavy atom. The highest BCUT2D eigenvalue weighted by Crippen LogP contribution is 2.52. The van der Waals surface area contributed by atoms with E-state index >= 15 is 0 Å². The molecule has 0 unspecified atom stereocenters. The molecule has 5 nitrogen and oxygen atoms in total.